The van der Waals surface area contributed by atoms with E-state index in [1.54, 1.807) is 11.8 Å². The van der Waals surface area contributed by atoms with Crippen LogP contribution in [0.3, 0.4) is 0 Å². The Kier molecular flexibility index (Phi) is 6.75. The van der Waals surface area contributed by atoms with Crippen LogP contribution in [0.4, 0.5) is 27.8 Å². The molecule has 4 rings (SSSR count). The van der Waals surface area contributed by atoms with Crippen molar-refractivity contribution in [1.82, 2.24) is 14.5 Å². The number of piperidine rings is 1. The number of rotatable bonds is 6. The van der Waals surface area contributed by atoms with E-state index in [1.807, 2.05) is 0 Å². The summed E-state index contributed by atoms with van der Waals surface area (Å²) in [5, 5.41) is 13.9. The smallest absolute Gasteiger partial charge is 0.257 e. The Hall–Kier alpha value is -3.54. The first-order chi connectivity index (χ1) is 16.5. The Morgan fingerprint density at radius 1 is 1.26 bits per heavy atom. The lowest BCUT2D eigenvalue weighted by Gasteiger charge is -2.40. The minimum absolute atomic E-state index is 0.00259. The van der Waals surface area contributed by atoms with Gasteiger partial charge in [-0.05, 0) is 30.2 Å². The molecule has 0 spiro atoms. The molecule has 3 heterocycles. The summed E-state index contributed by atoms with van der Waals surface area (Å²) in [5.41, 5.74) is 0.473. The van der Waals surface area contributed by atoms with Crippen LogP contribution in [0.25, 0.3) is 0 Å². The van der Waals surface area contributed by atoms with E-state index in [9.17, 15) is 32.0 Å². The molecule has 0 saturated carbocycles. The van der Waals surface area contributed by atoms with Gasteiger partial charge in [0.05, 0.1) is 18.3 Å². The Labute approximate surface area is 197 Å². The Morgan fingerprint density at radius 2 is 1.91 bits per heavy atom. The molecule has 186 valence electrons. The molecule has 1 fully saturated rings. The normalized spacial score (nSPS) is 18.9. The monoisotopic (exact) mass is 495 g/mol. The van der Waals surface area contributed by atoms with Crippen molar-refractivity contribution < 1.29 is 31.5 Å². The third-order valence-electron chi connectivity index (χ3n) is 6.11. The Bertz CT molecular complexity index is 1190. The third kappa shape index (κ3) is 5.42. The van der Waals surface area contributed by atoms with Crippen LogP contribution in [0, 0.1) is 22.7 Å². The average Bonchev–Trinajstić information content (AvgIpc) is 3.24. The molecule has 12 heteroatoms. The van der Waals surface area contributed by atoms with Crippen LogP contribution in [-0.4, -0.2) is 45.4 Å². The summed E-state index contributed by atoms with van der Waals surface area (Å²) in [6, 6.07) is 3.68. The van der Waals surface area contributed by atoms with E-state index in [2.05, 4.69) is 10.3 Å². The van der Waals surface area contributed by atoms with E-state index in [0.717, 1.165) is 24.5 Å². The molecule has 1 aromatic carbocycles. The molecule has 3 aromatic rings. The zero-order chi connectivity index (χ0) is 25.3. The lowest BCUT2D eigenvalue weighted by molar-refractivity contribution is -0.605. The summed E-state index contributed by atoms with van der Waals surface area (Å²) in [6.07, 6.45) is 4.63. The molecule has 0 aliphatic carbocycles. The number of carbonyl (C=O) groups excluding carboxylic acids is 1. The molecule has 1 aliphatic heterocycles. The van der Waals surface area contributed by atoms with Gasteiger partial charge >= 0.3 is 0 Å². The topological polar surface area (TPSA) is 77.1 Å². The van der Waals surface area contributed by atoms with E-state index >= 15 is 0 Å². The maximum absolute atomic E-state index is 14.6. The fourth-order valence-corrected chi connectivity index (χ4v) is 4.10. The number of halogens is 5. The molecule has 1 aliphatic rings. The zero-order valence-corrected chi connectivity index (χ0v) is 18.6. The van der Waals surface area contributed by atoms with Crippen LogP contribution >= 0.6 is 0 Å². The highest BCUT2D eigenvalue weighted by Gasteiger charge is 2.46. The van der Waals surface area contributed by atoms with Crippen molar-refractivity contribution >= 4 is 11.7 Å². The van der Waals surface area contributed by atoms with Gasteiger partial charge in [-0.1, -0.05) is 0 Å². The first-order valence-electron chi connectivity index (χ1n) is 10.8. The number of amides is 1. The predicted molar refractivity (Wildman–Crippen MR) is 115 cm³/mol. The fraction of sp³-hybridized carbons (Fsp3) is 0.348. The number of hydrogen-bond acceptors (Lipinski definition) is 4. The van der Waals surface area contributed by atoms with Crippen molar-refractivity contribution in [2.45, 2.75) is 37.8 Å². The molecule has 0 bridgehead atoms. The van der Waals surface area contributed by atoms with Crippen molar-refractivity contribution in [1.29, 1.82) is 0 Å². The number of nitrogens with zero attached hydrogens (tertiary/aromatic N) is 4. The Balaban J connectivity index is 1.40. The van der Waals surface area contributed by atoms with Crippen LogP contribution in [-0.2, 0) is 11.3 Å². The number of pyridine rings is 1. The Morgan fingerprint density at radius 3 is 2.57 bits per heavy atom. The first-order valence-corrected chi connectivity index (χ1v) is 10.8. The highest BCUT2D eigenvalue weighted by atomic mass is 19.3. The van der Waals surface area contributed by atoms with Crippen molar-refractivity contribution in [3.8, 4) is 0 Å². The second-order valence-corrected chi connectivity index (χ2v) is 8.52. The summed E-state index contributed by atoms with van der Waals surface area (Å²) in [4.78, 5) is 18.5. The lowest BCUT2D eigenvalue weighted by Crippen LogP contribution is -2.52. The van der Waals surface area contributed by atoms with Gasteiger partial charge in [0.2, 0.25) is 5.91 Å². The SMILES string of the molecule is C[C@@H](C(=O)Nc1cn(Cc2cc(F)c(F)c(F)c2)cn1)N1CCC(F)(F)[C@@H](c2cc[n+]([O-])cc2)C1. The van der Waals surface area contributed by atoms with Crippen molar-refractivity contribution in [2.24, 2.45) is 0 Å². The van der Waals surface area contributed by atoms with Gasteiger partial charge in [0.25, 0.3) is 5.92 Å². The summed E-state index contributed by atoms with van der Waals surface area (Å²) in [6.45, 7) is 1.49. The van der Waals surface area contributed by atoms with Crippen LogP contribution in [0.5, 0.6) is 0 Å². The highest BCUT2D eigenvalue weighted by Crippen LogP contribution is 2.40. The number of nitrogens with one attached hydrogen (secondary N) is 1. The summed E-state index contributed by atoms with van der Waals surface area (Å²) < 4.78 is 71.1. The number of anilines is 1. The number of benzene rings is 1. The van der Waals surface area contributed by atoms with Gasteiger partial charge in [-0.2, -0.15) is 4.73 Å². The first kappa shape index (κ1) is 24.6. The number of imidazole rings is 1. The molecule has 1 saturated heterocycles. The average molecular weight is 495 g/mol. The van der Waals surface area contributed by atoms with Gasteiger partial charge in [0.15, 0.2) is 35.7 Å². The molecule has 2 atom stereocenters. The number of alkyl halides is 2. The lowest BCUT2D eigenvalue weighted by atomic mass is 9.87. The second kappa shape index (κ2) is 9.61. The standard InChI is InChI=1S/C23H22F5N5O2/c1-14(32-7-4-23(27,28)17(11-32)16-2-5-33(35)6-3-16)22(34)30-20-12-31(13-29-20)10-15-8-18(24)21(26)19(25)9-15/h2-3,5-6,8-9,12-14,17H,4,7,10-11H2,1H3,(H,30,34)/t14-,17+/m0/s1. The van der Waals surface area contributed by atoms with Crippen molar-refractivity contribution in [3.63, 3.8) is 0 Å². The van der Waals surface area contributed by atoms with Gasteiger partial charge < -0.3 is 15.1 Å². The van der Waals surface area contributed by atoms with Gasteiger partial charge in [0.1, 0.15) is 0 Å². The van der Waals surface area contributed by atoms with E-state index in [1.165, 1.54) is 29.2 Å². The number of carbonyl (C=O) groups is 1. The van der Waals surface area contributed by atoms with Crippen molar-refractivity contribution in [2.75, 3.05) is 18.4 Å². The predicted octanol–water partition coefficient (Wildman–Crippen LogP) is 3.43. The molecular formula is C23H22F5N5O2. The molecule has 35 heavy (non-hydrogen) atoms. The summed E-state index contributed by atoms with van der Waals surface area (Å²) in [7, 11) is 0. The van der Waals surface area contributed by atoms with Crippen LogP contribution in [0.1, 0.15) is 30.4 Å². The van der Waals surface area contributed by atoms with E-state index in [-0.39, 0.29) is 31.0 Å². The maximum atomic E-state index is 14.6. The number of hydrogen-bond donors (Lipinski definition) is 1. The minimum Gasteiger partial charge on any atom is -0.619 e. The van der Waals surface area contributed by atoms with E-state index in [0.29, 0.717) is 10.3 Å². The molecule has 0 unspecified atom stereocenters. The van der Waals surface area contributed by atoms with Crippen LogP contribution in [0.15, 0.2) is 49.2 Å². The zero-order valence-electron chi connectivity index (χ0n) is 18.6. The third-order valence-corrected chi connectivity index (χ3v) is 6.11. The van der Waals surface area contributed by atoms with Gasteiger partial charge in [-0.3, -0.25) is 9.69 Å². The van der Waals surface area contributed by atoms with Crippen LogP contribution in [0.2, 0.25) is 0 Å². The molecule has 7 nitrogen and oxygen atoms in total. The number of likely N-dealkylation sites (tertiary alicyclic amines) is 1. The second-order valence-electron chi connectivity index (χ2n) is 8.52. The molecule has 2 aromatic heterocycles. The highest BCUT2D eigenvalue weighted by molar-refractivity contribution is 5.93. The summed E-state index contributed by atoms with van der Waals surface area (Å²) >= 11 is 0. The molecule has 1 amide bonds. The molecule has 1 N–H and O–H groups in total. The fourth-order valence-electron chi connectivity index (χ4n) is 4.10. The van der Waals surface area contributed by atoms with Crippen molar-refractivity contribution in [3.05, 3.63) is 83.0 Å². The maximum Gasteiger partial charge on any atom is 0.257 e. The van der Waals surface area contributed by atoms with E-state index < -0.39 is 47.7 Å². The van der Waals surface area contributed by atoms with Gasteiger partial charge in [-0.25, -0.2) is 26.9 Å². The summed E-state index contributed by atoms with van der Waals surface area (Å²) in [5.74, 6) is -8.65. The van der Waals surface area contributed by atoms with Crippen LogP contribution < -0.4 is 10.0 Å². The molecule has 0 radical (unpaired) electrons. The molecular weight excluding hydrogens is 473 g/mol. The largest absolute Gasteiger partial charge is 0.619 e. The van der Waals surface area contributed by atoms with E-state index in [4.69, 9.17) is 0 Å². The van der Waals surface area contributed by atoms with Gasteiger partial charge in [0, 0.05) is 44.4 Å². The van der Waals surface area contributed by atoms with Gasteiger partial charge in [-0.15, -0.1) is 0 Å². The minimum atomic E-state index is -2.99. The number of aromatic nitrogens is 3. The quantitative estimate of drug-likeness (QED) is 0.246.